The Balaban J connectivity index is 2.39. The highest BCUT2D eigenvalue weighted by atomic mass is 127. The highest BCUT2D eigenvalue weighted by Crippen LogP contribution is 2.30. The first kappa shape index (κ1) is 14.2. The van der Waals surface area contributed by atoms with Crippen molar-refractivity contribution in [1.82, 2.24) is 4.98 Å². The first-order chi connectivity index (χ1) is 8.88. The predicted molar refractivity (Wildman–Crippen MR) is 81.9 cm³/mol. The second kappa shape index (κ2) is 5.42. The Morgan fingerprint density at radius 3 is 2.63 bits per heavy atom. The molecule has 3 nitrogen and oxygen atoms in total. The van der Waals surface area contributed by atoms with Crippen molar-refractivity contribution in [2.75, 3.05) is 5.32 Å². The number of hydrogen-bond donors (Lipinski definition) is 2. The van der Waals surface area contributed by atoms with E-state index in [4.69, 9.17) is 0 Å². The summed E-state index contributed by atoms with van der Waals surface area (Å²) in [5, 5.41) is 13.1. The van der Waals surface area contributed by atoms with Crippen LogP contribution in [0.15, 0.2) is 36.7 Å². The van der Waals surface area contributed by atoms with E-state index in [0.717, 1.165) is 3.57 Å². The SMILES string of the molecule is CC(C)(O)c1ccncc1Nc1ccc(I)cc1F. The molecule has 0 fully saturated rings. The molecule has 0 aliphatic heterocycles. The summed E-state index contributed by atoms with van der Waals surface area (Å²) in [6, 6.07) is 6.64. The summed E-state index contributed by atoms with van der Waals surface area (Å²) in [7, 11) is 0. The predicted octanol–water partition coefficient (Wildman–Crippen LogP) is 3.80. The molecule has 1 heterocycles. The van der Waals surface area contributed by atoms with Crippen molar-refractivity contribution in [3.63, 3.8) is 0 Å². The van der Waals surface area contributed by atoms with Crippen LogP contribution in [-0.4, -0.2) is 10.1 Å². The first-order valence-electron chi connectivity index (χ1n) is 5.77. The number of aromatic nitrogens is 1. The molecule has 2 N–H and O–H groups in total. The number of benzene rings is 1. The van der Waals surface area contributed by atoms with Gasteiger partial charge in [-0.05, 0) is 60.7 Å². The zero-order chi connectivity index (χ0) is 14.0. The van der Waals surface area contributed by atoms with Crippen LogP contribution in [0.2, 0.25) is 0 Å². The average Bonchev–Trinajstić information content (AvgIpc) is 2.32. The lowest BCUT2D eigenvalue weighted by Gasteiger charge is -2.22. The second-order valence-electron chi connectivity index (χ2n) is 4.73. The summed E-state index contributed by atoms with van der Waals surface area (Å²) < 4.78 is 14.6. The van der Waals surface area contributed by atoms with Gasteiger partial charge < -0.3 is 10.4 Å². The van der Waals surface area contributed by atoms with E-state index in [1.807, 2.05) is 6.07 Å². The van der Waals surface area contributed by atoms with Gasteiger partial charge in [0.25, 0.3) is 0 Å². The fourth-order valence-electron chi connectivity index (χ4n) is 1.76. The average molecular weight is 372 g/mol. The normalized spacial score (nSPS) is 11.4. The number of halogens is 2. The maximum Gasteiger partial charge on any atom is 0.147 e. The summed E-state index contributed by atoms with van der Waals surface area (Å²) in [6.45, 7) is 3.36. The molecule has 5 heteroatoms. The monoisotopic (exact) mass is 372 g/mol. The van der Waals surface area contributed by atoms with Gasteiger partial charge in [-0.3, -0.25) is 4.98 Å². The van der Waals surface area contributed by atoms with Crippen molar-refractivity contribution in [1.29, 1.82) is 0 Å². The van der Waals surface area contributed by atoms with Crippen molar-refractivity contribution >= 4 is 34.0 Å². The number of nitrogens with zero attached hydrogens (tertiary/aromatic N) is 1. The Labute approximate surface area is 125 Å². The summed E-state index contributed by atoms with van der Waals surface area (Å²) in [4.78, 5) is 4.00. The van der Waals surface area contributed by atoms with Gasteiger partial charge in [-0.15, -0.1) is 0 Å². The van der Waals surface area contributed by atoms with E-state index in [9.17, 15) is 9.50 Å². The molecule has 2 rings (SSSR count). The minimum atomic E-state index is -1.02. The molecule has 19 heavy (non-hydrogen) atoms. The van der Waals surface area contributed by atoms with Crippen molar-refractivity contribution in [3.05, 3.63) is 51.6 Å². The van der Waals surface area contributed by atoms with E-state index in [1.54, 1.807) is 38.4 Å². The standard InChI is InChI=1S/C14H14FIN2O/c1-14(2,19)10-5-6-17-8-13(10)18-12-4-3-9(16)7-11(12)15/h3-8,18-19H,1-2H3. The Hall–Kier alpha value is -1.21. The summed E-state index contributed by atoms with van der Waals surface area (Å²) >= 11 is 2.05. The number of nitrogens with one attached hydrogen (secondary N) is 1. The molecule has 0 radical (unpaired) electrons. The van der Waals surface area contributed by atoms with Crippen molar-refractivity contribution in [2.45, 2.75) is 19.4 Å². The molecule has 1 aromatic heterocycles. The minimum absolute atomic E-state index is 0.336. The van der Waals surface area contributed by atoms with E-state index in [-0.39, 0.29) is 5.82 Å². The third-order valence-corrected chi connectivity index (χ3v) is 3.35. The van der Waals surface area contributed by atoms with Gasteiger partial charge in [-0.2, -0.15) is 0 Å². The van der Waals surface area contributed by atoms with Crippen LogP contribution in [0.1, 0.15) is 19.4 Å². The molecular weight excluding hydrogens is 358 g/mol. The van der Waals surface area contributed by atoms with E-state index in [1.165, 1.54) is 6.07 Å². The molecule has 0 spiro atoms. The number of aliphatic hydroxyl groups is 1. The molecule has 0 amide bonds. The first-order valence-corrected chi connectivity index (χ1v) is 6.85. The second-order valence-corrected chi connectivity index (χ2v) is 5.98. The molecular formula is C14H14FIN2O. The fourth-order valence-corrected chi connectivity index (χ4v) is 2.22. The molecule has 100 valence electrons. The molecule has 0 aliphatic carbocycles. The van der Waals surface area contributed by atoms with E-state index in [0.29, 0.717) is 16.9 Å². The Kier molecular flexibility index (Phi) is 4.05. The Bertz CT molecular complexity index is 596. The van der Waals surface area contributed by atoms with Gasteiger partial charge in [0.2, 0.25) is 0 Å². The van der Waals surface area contributed by atoms with Gasteiger partial charge in [0.05, 0.1) is 23.2 Å². The van der Waals surface area contributed by atoms with Crippen LogP contribution < -0.4 is 5.32 Å². The van der Waals surface area contributed by atoms with Crippen LogP contribution in [0.3, 0.4) is 0 Å². The van der Waals surface area contributed by atoms with Crippen LogP contribution in [0.25, 0.3) is 0 Å². The van der Waals surface area contributed by atoms with E-state index in [2.05, 4.69) is 32.9 Å². The molecule has 0 aliphatic rings. The quantitative estimate of drug-likeness (QED) is 0.806. The molecule has 0 atom stereocenters. The summed E-state index contributed by atoms with van der Waals surface area (Å²) in [5.41, 5.74) is 0.597. The molecule has 0 saturated carbocycles. The van der Waals surface area contributed by atoms with Crippen molar-refractivity contribution in [3.8, 4) is 0 Å². The fraction of sp³-hybridized carbons (Fsp3) is 0.214. The molecule has 1 aromatic carbocycles. The van der Waals surface area contributed by atoms with Gasteiger partial charge in [-0.25, -0.2) is 4.39 Å². The van der Waals surface area contributed by atoms with Gasteiger partial charge >= 0.3 is 0 Å². The topological polar surface area (TPSA) is 45.2 Å². The highest BCUT2D eigenvalue weighted by Gasteiger charge is 2.20. The third-order valence-electron chi connectivity index (χ3n) is 2.68. The molecule has 0 unspecified atom stereocenters. The molecule has 0 bridgehead atoms. The Morgan fingerprint density at radius 1 is 1.26 bits per heavy atom. The zero-order valence-corrected chi connectivity index (χ0v) is 12.8. The van der Waals surface area contributed by atoms with Gasteiger partial charge in [-0.1, -0.05) is 0 Å². The lowest BCUT2D eigenvalue weighted by Crippen LogP contribution is -2.17. The third kappa shape index (κ3) is 3.42. The maximum absolute atomic E-state index is 13.8. The maximum atomic E-state index is 13.8. The number of rotatable bonds is 3. The summed E-state index contributed by atoms with van der Waals surface area (Å²) in [5.74, 6) is -0.336. The highest BCUT2D eigenvalue weighted by molar-refractivity contribution is 14.1. The van der Waals surface area contributed by atoms with Gasteiger partial charge in [0.15, 0.2) is 0 Å². The van der Waals surface area contributed by atoms with Crippen LogP contribution in [0.5, 0.6) is 0 Å². The summed E-state index contributed by atoms with van der Waals surface area (Å²) in [6.07, 6.45) is 3.17. The van der Waals surface area contributed by atoms with Crippen molar-refractivity contribution in [2.24, 2.45) is 0 Å². The molecule has 2 aromatic rings. The Morgan fingerprint density at radius 2 is 2.00 bits per heavy atom. The minimum Gasteiger partial charge on any atom is -0.386 e. The van der Waals surface area contributed by atoms with Crippen molar-refractivity contribution < 1.29 is 9.50 Å². The van der Waals surface area contributed by atoms with Crippen LogP contribution in [0.4, 0.5) is 15.8 Å². The van der Waals surface area contributed by atoms with E-state index >= 15 is 0 Å². The molecule has 0 saturated heterocycles. The van der Waals surface area contributed by atoms with Gasteiger partial charge in [0, 0.05) is 15.3 Å². The lowest BCUT2D eigenvalue weighted by atomic mass is 9.98. The van der Waals surface area contributed by atoms with Gasteiger partial charge in [0.1, 0.15) is 5.82 Å². The number of pyridine rings is 1. The number of hydrogen-bond acceptors (Lipinski definition) is 3. The van der Waals surface area contributed by atoms with Crippen LogP contribution in [0, 0.1) is 9.39 Å². The van der Waals surface area contributed by atoms with Crippen LogP contribution in [-0.2, 0) is 5.60 Å². The lowest BCUT2D eigenvalue weighted by molar-refractivity contribution is 0.0793. The van der Waals surface area contributed by atoms with Crippen LogP contribution >= 0.6 is 22.6 Å². The zero-order valence-electron chi connectivity index (χ0n) is 10.6. The van der Waals surface area contributed by atoms with E-state index < -0.39 is 5.60 Å². The largest absolute Gasteiger partial charge is 0.386 e. The number of anilines is 2. The smallest absolute Gasteiger partial charge is 0.147 e.